The summed E-state index contributed by atoms with van der Waals surface area (Å²) >= 11 is 0. The van der Waals surface area contributed by atoms with Gasteiger partial charge in [-0.15, -0.1) is 0 Å². The average Bonchev–Trinajstić information content (AvgIpc) is 2.72. The van der Waals surface area contributed by atoms with E-state index in [4.69, 9.17) is 9.84 Å². The van der Waals surface area contributed by atoms with Gasteiger partial charge in [0.1, 0.15) is 5.75 Å². The second-order valence-electron chi connectivity index (χ2n) is 6.88. The molecule has 0 saturated carbocycles. The molecule has 0 atom stereocenters. The molecule has 0 unspecified atom stereocenters. The number of methoxy groups -OCH3 is 1. The number of hydrogen-bond acceptors (Lipinski definition) is 5. The Kier molecular flexibility index (Phi) is 6.12. The lowest BCUT2D eigenvalue weighted by Gasteiger charge is -2.24. The van der Waals surface area contributed by atoms with Crippen LogP contribution in [0.1, 0.15) is 5.56 Å². The Morgan fingerprint density at radius 1 is 0.967 bits per heavy atom. The molecular formula is C23H23NO5S. The Labute approximate surface area is 176 Å². The quantitative estimate of drug-likeness (QED) is 0.608. The topological polar surface area (TPSA) is 83.9 Å². The number of aryl methyl sites for hydroxylation is 1. The number of carbonyl (C=O) groups is 1. The highest BCUT2D eigenvalue weighted by Gasteiger charge is 2.20. The van der Waals surface area contributed by atoms with Crippen LogP contribution < -0.4 is 9.64 Å². The van der Waals surface area contributed by atoms with Gasteiger partial charge >= 0.3 is 5.97 Å². The first-order valence-electron chi connectivity index (χ1n) is 9.26. The van der Waals surface area contributed by atoms with E-state index in [9.17, 15) is 13.2 Å². The smallest absolute Gasteiger partial charge is 0.319 e. The number of benzene rings is 3. The Morgan fingerprint density at radius 3 is 2.20 bits per heavy atom. The van der Waals surface area contributed by atoms with Gasteiger partial charge in [0.2, 0.25) is 0 Å². The molecule has 30 heavy (non-hydrogen) atoms. The fraction of sp³-hybridized carbons (Fsp3) is 0.174. The van der Waals surface area contributed by atoms with Gasteiger partial charge in [0, 0.05) is 18.3 Å². The minimum Gasteiger partial charge on any atom is -0.494 e. The summed E-state index contributed by atoms with van der Waals surface area (Å²) in [5, 5.41) is 8.80. The number of carboxylic acids is 1. The number of aliphatic carboxylic acids is 1. The van der Waals surface area contributed by atoms with E-state index in [1.807, 2.05) is 61.3 Å². The zero-order valence-corrected chi connectivity index (χ0v) is 17.8. The number of carboxylic acid groups (broad SMARTS) is 1. The van der Waals surface area contributed by atoms with Crippen LogP contribution in [0.2, 0.25) is 0 Å². The first-order chi connectivity index (χ1) is 14.2. The molecule has 156 valence electrons. The van der Waals surface area contributed by atoms with Gasteiger partial charge in [-0.25, -0.2) is 8.42 Å². The minimum atomic E-state index is -3.87. The molecule has 0 aromatic heterocycles. The maximum Gasteiger partial charge on any atom is 0.319 e. The van der Waals surface area contributed by atoms with E-state index in [-0.39, 0.29) is 4.90 Å². The highest BCUT2D eigenvalue weighted by atomic mass is 32.2. The molecule has 0 fully saturated rings. The number of rotatable bonds is 7. The molecule has 7 heteroatoms. The van der Waals surface area contributed by atoms with Crippen LogP contribution in [0, 0.1) is 6.92 Å². The van der Waals surface area contributed by atoms with E-state index in [0.29, 0.717) is 5.75 Å². The molecule has 0 spiro atoms. The summed E-state index contributed by atoms with van der Waals surface area (Å²) in [4.78, 5) is 12.7. The molecule has 6 nitrogen and oxygen atoms in total. The molecule has 0 radical (unpaired) electrons. The molecule has 1 N–H and O–H groups in total. The van der Waals surface area contributed by atoms with Gasteiger partial charge in [-0.1, -0.05) is 36.4 Å². The predicted molar refractivity (Wildman–Crippen MR) is 117 cm³/mol. The maximum absolute atomic E-state index is 12.1. The highest BCUT2D eigenvalue weighted by Crippen LogP contribution is 2.41. The fourth-order valence-corrected chi connectivity index (χ4v) is 4.40. The fourth-order valence-electron chi connectivity index (χ4n) is 3.35. The van der Waals surface area contributed by atoms with Crippen molar-refractivity contribution in [1.82, 2.24) is 0 Å². The van der Waals surface area contributed by atoms with Crippen LogP contribution in [0.3, 0.4) is 0 Å². The number of hydrogen-bond donors (Lipinski definition) is 1. The monoisotopic (exact) mass is 425 g/mol. The predicted octanol–water partition coefficient (Wildman–Crippen LogP) is 4.30. The number of ether oxygens (including phenoxy) is 1. The molecule has 0 amide bonds. The van der Waals surface area contributed by atoms with E-state index in [1.165, 1.54) is 12.1 Å². The van der Waals surface area contributed by atoms with Gasteiger partial charge in [0.25, 0.3) is 0 Å². The molecule has 0 aliphatic carbocycles. The summed E-state index contributed by atoms with van der Waals surface area (Å²) in [5.41, 5.74) is 4.72. The maximum atomic E-state index is 12.1. The highest BCUT2D eigenvalue weighted by molar-refractivity contribution is 7.92. The second-order valence-corrected chi connectivity index (χ2v) is 8.87. The first-order valence-corrected chi connectivity index (χ1v) is 10.9. The van der Waals surface area contributed by atoms with Crippen LogP contribution in [-0.2, 0) is 14.6 Å². The zero-order chi connectivity index (χ0) is 21.9. The van der Waals surface area contributed by atoms with E-state index < -0.39 is 21.6 Å². The third-order valence-corrected chi connectivity index (χ3v) is 6.51. The Morgan fingerprint density at radius 2 is 1.60 bits per heavy atom. The molecular weight excluding hydrogens is 402 g/mol. The number of nitrogens with zero attached hydrogens (tertiary/aromatic N) is 1. The van der Waals surface area contributed by atoms with Crippen molar-refractivity contribution >= 4 is 27.2 Å². The van der Waals surface area contributed by atoms with Crippen LogP contribution in [0.4, 0.5) is 11.4 Å². The van der Waals surface area contributed by atoms with Gasteiger partial charge in [-0.2, -0.15) is 0 Å². The van der Waals surface area contributed by atoms with E-state index in [0.717, 1.165) is 28.1 Å². The van der Waals surface area contributed by atoms with Gasteiger partial charge < -0.3 is 14.7 Å². The van der Waals surface area contributed by atoms with Crippen molar-refractivity contribution in [3.63, 3.8) is 0 Å². The van der Waals surface area contributed by atoms with Crippen LogP contribution in [-0.4, -0.2) is 39.4 Å². The lowest BCUT2D eigenvalue weighted by atomic mass is 9.99. The van der Waals surface area contributed by atoms with E-state index in [2.05, 4.69) is 0 Å². The molecule has 0 saturated heterocycles. The zero-order valence-electron chi connectivity index (χ0n) is 17.0. The molecule has 0 heterocycles. The summed E-state index contributed by atoms with van der Waals surface area (Å²) in [7, 11) is -0.387. The van der Waals surface area contributed by atoms with Gasteiger partial charge in [-0.3, -0.25) is 4.79 Å². The summed E-state index contributed by atoms with van der Waals surface area (Å²) in [5.74, 6) is -1.61. The number of sulfone groups is 1. The average molecular weight is 426 g/mol. The molecule has 3 rings (SSSR count). The minimum absolute atomic E-state index is 0.0253. The SMILES string of the molecule is COc1c(-c2ccccc2C)cccc1N(C)c1ccc(S(=O)(=O)CC(=O)O)cc1. The third-order valence-electron chi connectivity index (χ3n) is 4.89. The largest absolute Gasteiger partial charge is 0.494 e. The van der Waals surface area contributed by atoms with Crippen LogP contribution >= 0.6 is 0 Å². The Bertz CT molecular complexity index is 1170. The van der Waals surface area contributed by atoms with Gasteiger partial charge in [-0.05, 0) is 48.4 Å². The lowest BCUT2D eigenvalue weighted by molar-refractivity contribution is -0.134. The summed E-state index contributed by atoms with van der Waals surface area (Å²) < 4.78 is 30.0. The summed E-state index contributed by atoms with van der Waals surface area (Å²) in [6.45, 7) is 2.04. The molecule has 3 aromatic carbocycles. The standard InChI is InChI=1S/C23H23NO5S/c1-16-7-4-5-8-19(16)20-9-6-10-21(23(20)29-3)24(2)17-11-13-18(14-12-17)30(27,28)15-22(25)26/h4-14H,15H2,1-3H3,(H,25,26). The summed E-state index contributed by atoms with van der Waals surface area (Å²) in [6, 6.07) is 20.1. The third kappa shape index (κ3) is 4.31. The Hall–Kier alpha value is -3.32. The van der Waals surface area contributed by atoms with Crippen molar-refractivity contribution in [2.45, 2.75) is 11.8 Å². The van der Waals surface area contributed by atoms with Crippen molar-refractivity contribution in [2.24, 2.45) is 0 Å². The normalized spacial score (nSPS) is 11.2. The van der Waals surface area contributed by atoms with E-state index >= 15 is 0 Å². The van der Waals surface area contributed by atoms with Crippen molar-refractivity contribution in [2.75, 3.05) is 24.8 Å². The van der Waals surface area contributed by atoms with Crippen LogP contribution in [0.5, 0.6) is 5.75 Å². The van der Waals surface area contributed by atoms with Crippen molar-refractivity contribution in [1.29, 1.82) is 0 Å². The number of para-hydroxylation sites is 1. The molecule has 3 aromatic rings. The Balaban J connectivity index is 2.00. The summed E-state index contributed by atoms with van der Waals surface area (Å²) in [6.07, 6.45) is 0. The molecule has 0 bridgehead atoms. The number of anilines is 2. The van der Waals surface area contributed by atoms with Crippen molar-refractivity contribution < 1.29 is 23.1 Å². The van der Waals surface area contributed by atoms with Crippen LogP contribution in [0.25, 0.3) is 11.1 Å². The second kappa shape index (κ2) is 8.59. The lowest BCUT2D eigenvalue weighted by Crippen LogP contribution is -2.16. The molecule has 0 aliphatic rings. The first kappa shape index (κ1) is 21.4. The molecule has 0 aliphatic heterocycles. The van der Waals surface area contributed by atoms with Crippen molar-refractivity contribution in [3.8, 4) is 16.9 Å². The van der Waals surface area contributed by atoms with Crippen molar-refractivity contribution in [3.05, 3.63) is 72.3 Å². The van der Waals surface area contributed by atoms with Gasteiger partial charge in [0.05, 0.1) is 17.7 Å². The van der Waals surface area contributed by atoms with E-state index in [1.54, 1.807) is 19.2 Å². The van der Waals surface area contributed by atoms with Gasteiger partial charge in [0.15, 0.2) is 15.6 Å². The van der Waals surface area contributed by atoms with Crippen LogP contribution in [0.15, 0.2) is 71.6 Å².